The fourth-order valence-corrected chi connectivity index (χ4v) is 2.30. The van der Waals surface area contributed by atoms with Crippen molar-refractivity contribution in [2.45, 2.75) is 52.0 Å². The summed E-state index contributed by atoms with van der Waals surface area (Å²) in [7, 11) is 0. The van der Waals surface area contributed by atoms with Gasteiger partial charge >= 0.3 is 0 Å². The van der Waals surface area contributed by atoms with Gasteiger partial charge in [0.2, 0.25) is 5.91 Å². The standard InChI is InChI=1S/C15H23N3O2/c1-3-9-17(10-4-2)15(20)11-18-14(19)8-7-13(16-18)12-5-6-12/h7-8,12H,3-6,9-11H2,1-2H3. The third-order valence-corrected chi connectivity index (χ3v) is 3.51. The molecule has 5 nitrogen and oxygen atoms in total. The van der Waals surface area contributed by atoms with Gasteiger partial charge in [-0.2, -0.15) is 5.10 Å². The van der Waals surface area contributed by atoms with Crippen LogP contribution in [0.3, 0.4) is 0 Å². The summed E-state index contributed by atoms with van der Waals surface area (Å²) in [4.78, 5) is 25.9. The van der Waals surface area contributed by atoms with E-state index in [9.17, 15) is 9.59 Å². The van der Waals surface area contributed by atoms with Gasteiger partial charge in [-0.05, 0) is 31.7 Å². The summed E-state index contributed by atoms with van der Waals surface area (Å²) in [5.41, 5.74) is 0.741. The van der Waals surface area contributed by atoms with E-state index in [0.29, 0.717) is 5.92 Å². The van der Waals surface area contributed by atoms with Gasteiger partial charge in [0.25, 0.3) is 5.56 Å². The number of hydrogen-bond donors (Lipinski definition) is 0. The SMILES string of the molecule is CCCN(CCC)C(=O)Cn1nc(C2CC2)ccc1=O. The first kappa shape index (κ1) is 14.8. The van der Waals surface area contributed by atoms with E-state index in [0.717, 1.165) is 44.5 Å². The first-order valence-corrected chi connectivity index (χ1v) is 7.51. The van der Waals surface area contributed by atoms with E-state index < -0.39 is 0 Å². The van der Waals surface area contributed by atoms with Crippen LogP contribution in [0.4, 0.5) is 0 Å². The van der Waals surface area contributed by atoms with E-state index in [4.69, 9.17) is 0 Å². The summed E-state index contributed by atoms with van der Waals surface area (Å²) in [6.07, 6.45) is 4.13. The number of rotatable bonds is 7. The average Bonchev–Trinajstić information content (AvgIpc) is 3.25. The molecule has 1 saturated carbocycles. The molecule has 0 spiro atoms. The van der Waals surface area contributed by atoms with Crippen LogP contribution in [0, 0.1) is 0 Å². The summed E-state index contributed by atoms with van der Waals surface area (Å²) < 4.78 is 1.31. The van der Waals surface area contributed by atoms with E-state index in [1.165, 1.54) is 10.7 Å². The first-order valence-electron chi connectivity index (χ1n) is 7.51. The molecule has 1 aromatic rings. The van der Waals surface area contributed by atoms with Crippen LogP contribution >= 0.6 is 0 Å². The number of carbonyl (C=O) groups excluding carboxylic acids is 1. The lowest BCUT2D eigenvalue weighted by molar-refractivity contribution is -0.132. The Morgan fingerprint density at radius 1 is 1.30 bits per heavy atom. The van der Waals surface area contributed by atoms with Crippen molar-refractivity contribution in [3.63, 3.8) is 0 Å². The van der Waals surface area contributed by atoms with Crippen molar-refractivity contribution in [1.82, 2.24) is 14.7 Å². The Morgan fingerprint density at radius 3 is 2.50 bits per heavy atom. The molecule has 5 heteroatoms. The molecule has 2 rings (SSSR count). The summed E-state index contributed by atoms with van der Waals surface area (Å²) >= 11 is 0. The zero-order valence-corrected chi connectivity index (χ0v) is 12.3. The molecule has 0 aliphatic heterocycles. The maximum Gasteiger partial charge on any atom is 0.267 e. The molecule has 1 aliphatic rings. The lowest BCUT2D eigenvalue weighted by Gasteiger charge is -2.21. The lowest BCUT2D eigenvalue weighted by Crippen LogP contribution is -2.38. The lowest BCUT2D eigenvalue weighted by atomic mass is 10.3. The number of hydrogen-bond acceptors (Lipinski definition) is 3. The molecule has 0 bridgehead atoms. The van der Waals surface area contributed by atoms with Crippen LogP contribution in [0.15, 0.2) is 16.9 Å². The monoisotopic (exact) mass is 277 g/mol. The maximum absolute atomic E-state index is 12.3. The van der Waals surface area contributed by atoms with E-state index in [1.54, 1.807) is 6.07 Å². The predicted octanol–water partition coefficient (Wildman–Crippen LogP) is 1.77. The van der Waals surface area contributed by atoms with Gasteiger partial charge in [-0.15, -0.1) is 0 Å². The Hall–Kier alpha value is -1.65. The molecule has 20 heavy (non-hydrogen) atoms. The topological polar surface area (TPSA) is 55.2 Å². The zero-order chi connectivity index (χ0) is 14.5. The molecule has 1 fully saturated rings. The minimum Gasteiger partial charge on any atom is -0.341 e. The highest BCUT2D eigenvalue weighted by atomic mass is 16.2. The highest BCUT2D eigenvalue weighted by Crippen LogP contribution is 2.38. The van der Waals surface area contributed by atoms with Crippen LogP contribution in [-0.2, 0) is 11.3 Å². The Bertz CT molecular complexity index is 514. The maximum atomic E-state index is 12.3. The molecule has 0 radical (unpaired) electrons. The first-order chi connectivity index (χ1) is 9.65. The van der Waals surface area contributed by atoms with Crippen LogP contribution in [0.5, 0.6) is 0 Å². The number of nitrogens with zero attached hydrogens (tertiary/aromatic N) is 3. The van der Waals surface area contributed by atoms with Crippen molar-refractivity contribution in [2.75, 3.05) is 13.1 Å². The van der Waals surface area contributed by atoms with Gasteiger partial charge in [-0.3, -0.25) is 9.59 Å². The van der Waals surface area contributed by atoms with Gasteiger partial charge in [-0.25, -0.2) is 4.68 Å². The van der Waals surface area contributed by atoms with E-state index in [1.807, 2.05) is 18.7 Å². The van der Waals surface area contributed by atoms with Crippen LogP contribution in [0.2, 0.25) is 0 Å². The molecule has 0 unspecified atom stereocenters. The largest absolute Gasteiger partial charge is 0.341 e. The Kier molecular flexibility index (Phi) is 4.93. The molecule has 1 aliphatic carbocycles. The van der Waals surface area contributed by atoms with Crippen molar-refractivity contribution in [3.05, 3.63) is 28.2 Å². The van der Waals surface area contributed by atoms with Gasteiger partial charge in [0, 0.05) is 25.1 Å². The molecule has 0 N–H and O–H groups in total. The summed E-state index contributed by atoms with van der Waals surface area (Å²) in [5, 5.41) is 4.33. The number of aromatic nitrogens is 2. The molecular formula is C15H23N3O2. The van der Waals surface area contributed by atoms with Crippen LogP contribution in [0.25, 0.3) is 0 Å². The molecule has 1 amide bonds. The average molecular weight is 277 g/mol. The minimum atomic E-state index is -0.198. The van der Waals surface area contributed by atoms with Crippen LogP contribution < -0.4 is 5.56 Å². The summed E-state index contributed by atoms with van der Waals surface area (Å²) in [6, 6.07) is 3.31. The van der Waals surface area contributed by atoms with Gasteiger partial charge < -0.3 is 4.90 Å². The Morgan fingerprint density at radius 2 is 1.95 bits per heavy atom. The molecular weight excluding hydrogens is 254 g/mol. The fourth-order valence-electron chi connectivity index (χ4n) is 2.30. The highest BCUT2D eigenvalue weighted by Gasteiger charge is 2.26. The quantitative estimate of drug-likeness (QED) is 0.763. The highest BCUT2D eigenvalue weighted by molar-refractivity contribution is 5.75. The molecule has 1 heterocycles. The van der Waals surface area contributed by atoms with Crippen molar-refractivity contribution in [3.8, 4) is 0 Å². The second-order valence-corrected chi connectivity index (χ2v) is 5.41. The third-order valence-electron chi connectivity index (χ3n) is 3.51. The normalized spacial score (nSPS) is 14.3. The number of carbonyl (C=O) groups is 1. The van der Waals surface area contributed by atoms with Crippen molar-refractivity contribution in [1.29, 1.82) is 0 Å². The predicted molar refractivity (Wildman–Crippen MR) is 77.6 cm³/mol. The number of amides is 1. The third kappa shape index (κ3) is 3.68. The second kappa shape index (κ2) is 6.68. The van der Waals surface area contributed by atoms with Crippen LogP contribution in [0.1, 0.15) is 51.1 Å². The van der Waals surface area contributed by atoms with Crippen LogP contribution in [-0.4, -0.2) is 33.7 Å². The van der Waals surface area contributed by atoms with Crippen molar-refractivity contribution in [2.24, 2.45) is 0 Å². The van der Waals surface area contributed by atoms with Crippen molar-refractivity contribution >= 4 is 5.91 Å². The van der Waals surface area contributed by atoms with Gasteiger partial charge in [0.15, 0.2) is 0 Å². The second-order valence-electron chi connectivity index (χ2n) is 5.41. The van der Waals surface area contributed by atoms with Gasteiger partial charge in [0.1, 0.15) is 6.54 Å². The van der Waals surface area contributed by atoms with E-state index in [-0.39, 0.29) is 18.0 Å². The zero-order valence-electron chi connectivity index (χ0n) is 12.3. The van der Waals surface area contributed by atoms with Gasteiger partial charge in [0.05, 0.1) is 5.69 Å². The van der Waals surface area contributed by atoms with Gasteiger partial charge in [-0.1, -0.05) is 13.8 Å². The fraction of sp³-hybridized carbons (Fsp3) is 0.667. The van der Waals surface area contributed by atoms with E-state index in [2.05, 4.69) is 5.10 Å². The minimum absolute atomic E-state index is 0.0174. The Balaban J connectivity index is 2.09. The molecule has 110 valence electrons. The Labute approximate surface area is 119 Å². The molecule has 0 atom stereocenters. The molecule has 1 aromatic heterocycles. The smallest absolute Gasteiger partial charge is 0.267 e. The van der Waals surface area contributed by atoms with E-state index >= 15 is 0 Å². The summed E-state index contributed by atoms with van der Waals surface area (Å²) in [6.45, 7) is 5.63. The van der Waals surface area contributed by atoms with Crippen molar-refractivity contribution < 1.29 is 4.79 Å². The molecule has 0 aromatic carbocycles. The molecule has 0 saturated heterocycles. The summed E-state index contributed by atoms with van der Waals surface area (Å²) in [5.74, 6) is 0.468.